The van der Waals surface area contributed by atoms with E-state index in [0.717, 1.165) is 6.07 Å². The molecule has 0 saturated heterocycles. The summed E-state index contributed by atoms with van der Waals surface area (Å²) in [6, 6.07) is 8.89. The highest BCUT2D eigenvalue weighted by Gasteiger charge is 2.12. The van der Waals surface area contributed by atoms with Crippen molar-refractivity contribution in [3.8, 4) is 5.75 Å². The minimum Gasteiger partial charge on any atom is -0.482 e. The van der Waals surface area contributed by atoms with Gasteiger partial charge >= 0.3 is 0 Å². The molecule has 0 heterocycles. The number of nitro groups is 2. The molecule has 10 heteroatoms. The van der Waals surface area contributed by atoms with Crippen molar-refractivity contribution in [3.63, 3.8) is 0 Å². The van der Waals surface area contributed by atoms with Crippen LogP contribution in [0.2, 0.25) is 5.02 Å². The fourth-order valence-electron chi connectivity index (χ4n) is 1.73. The van der Waals surface area contributed by atoms with E-state index >= 15 is 0 Å². The zero-order valence-electron chi connectivity index (χ0n) is 12.0. The van der Waals surface area contributed by atoms with Gasteiger partial charge < -0.3 is 10.1 Å². The molecule has 1 N–H and O–H groups in total. The molecule has 0 fully saturated rings. The maximum absolute atomic E-state index is 11.8. The second-order valence-electron chi connectivity index (χ2n) is 4.51. The molecule has 0 unspecified atom stereocenters. The van der Waals surface area contributed by atoms with E-state index in [1.807, 2.05) is 0 Å². The van der Waals surface area contributed by atoms with E-state index in [9.17, 15) is 25.0 Å². The normalized spacial score (nSPS) is 10.0. The Labute approximate surface area is 140 Å². The van der Waals surface area contributed by atoms with Crippen molar-refractivity contribution in [1.82, 2.24) is 0 Å². The van der Waals surface area contributed by atoms with Crippen LogP contribution in [0.1, 0.15) is 0 Å². The predicted octanol–water partition coefficient (Wildman–Crippen LogP) is 3.17. The summed E-state index contributed by atoms with van der Waals surface area (Å²) in [6.07, 6.45) is 0. The number of halogens is 1. The maximum Gasteiger partial charge on any atom is 0.271 e. The summed E-state index contributed by atoms with van der Waals surface area (Å²) in [7, 11) is 0. The van der Waals surface area contributed by atoms with Crippen LogP contribution in [0.25, 0.3) is 0 Å². The fourth-order valence-corrected chi connectivity index (χ4v) is 1.96. The quantitative estimate of drug-likeness (QED) is 0.629. The van der Waals surface area contributed by atoms with Crippen molar-refractivity contribution < 1.29 is 19.4 Å². The molecule has 0 bridgehead atoms. The average molecular weight is 352 g/mol. The van der Waals surface area contributed by atoms with Gasteiger partial charge in [0.25, 0.3) is 17.3 Å². The van der Waals surface area contributed by atoms with Crippen LogP contribution < -0.4 is 10.1 Å². The third kappa shape index (κ3) is 4.40. The SMILES string of the molecule is O=C(COc1ccc([N+](=O)[O-])cc1Cl)Nc1ccc([N+](=O)[O-])cc1. The van der Waals surface area contributed by atoms with E-state index in [4.69, 9.17) is 16.3 Å². The molecule has 2 aromatic rings. The van der Waals surface area contributed by atoms with Crippen molar-refractivity contribution in [1.29, 1.82) is 0 Å². The van der Waals surface area contributed by atoms with Crippen LogP contribution in [0.4, 0.5) is 17.1 Å². The Morgan fingerprint density at radius 1 is 1.04 bits per heavy atom. The number of non-ortho nitro benzene ring substituents is 2. The first-order chi connectivity index (χ1) is 11.4. The van der Waals surface area contributed by atoms with Crippen molar-refractivity contribution in [2.45, 2.75) is 0 Å². The van der Waals surface area contributed by atoms with E-state index < -0.39 is 15.8 Å². The molecule has 24 heavy (non-hydrogen) atoms. The minimum absolute atomic E-state index is 0.00679. The molecule has 0 atom stereocenters. The Kier molecular flexibility index (Phi) is 5.27. The van der Waals surface area contributed by atoms with E-state index in [1.54, 1.807) is 0 Å². The molecule has 0 spiro atoms. The molecule has 0 aliphatic carbocycles. The smallest absolute Gasteiger partial charge is 0.271 e. The Balaban J connectivity index is 1.93. The van der Waals surface area contributed by atoms with Crippen molar-refractivity contribution in [2.24, 2.45) is 0 Å². The molecule has 124 valence electrons. The number of amides is 1. The van der Waals surface area contributed by atoms with E-state index in [2.05, 4.69) is 5.32 Å². The van der Waals surface area contributed by atoms with Gasteiger partial charge in [-0.3, -0.25) is 25.0 Å². The lowest BCUT2D eigenvalue weighted by Gasteiger charge is -2.08. The molecular weight excluding hydrogens is 342 g/mol. The summed E-state index contributed by atoms with van der Waals surface area (Å²) < 4.78 is 5.19. The zero-order valence-corrected chi connectivity index (χ0v) is 12.7. The number of nitrogens with zero attached hydrogens (tertiary/aromatic N) is 2. The molecular formula is C14H10ClN3O6. The summed E-state index contributed by atoms with van der Waals surface area (Å²) in [4.78, 5) is 31.8. The van der Waals surface area contributed by atoms with Gasteiger partial charge in [0, 0.05) is 30.0 Å². The van der Waals surface area contributed by atoms with Gasteiger partial charge in [0.2, 0.25) is 0 Å². The average Bonchev–Trinajstić information content (AvgIpc) is 2.54. The van der Waals surface area contributed by atoms with Gasteiger partial charge in [-0.1, -0.05) is 11.6 Å². The molecule has 0 aromatic heterocycles. The Hall–Kier alpha value is -3.20. The van der Waals surface area contributed by atoms with Crippen LogP contribution in [-0.4, -0.2) is 22.4 Å². The summed E-state index contributed by atoms with van der Waals surface area (Å²) in [6.45, 7) is -0.380. The van der Waals surface area contributed by atoms with Crippen LogP contribution in [0.15, 0.2) is 42.5 Å². The zero-order chi connectivity index (χ0) is 17.7. The number of nitrogens with one attached hydrogen (secondary N) is 1. The Morgan fingerprint density at radius 3 is 2.17 bits per heavy atom. The Bertz CT molecular complexity index is 794. The van der Waals surface area contributed by atoms with Gasteiger partial charge in [-0.05, 0) is 18.2 Å². The summed E-state index contributed by atoms with van der Waals surface area (Å²) in [5, 5.41) is 23.6. The molecule has 0 aliphatic rings. The van der Waals surface area contributed by atoms with Gasteiger partial charge in [0.15, 0.2) is 6.61 Å². The van der Waals surface area contributed by atoms with E-state index in [1.165, 1.54) is 36.4 Å². The number of nitro benzene ring substituents is 2. The third-order valence-electron chi connectivity index (χ3n) is 2.85. The van der Waals surface area contributed by atoms with Crippen LogP contribution in [0.5, 0.6) is 5.75 Å². The first kappa shape index (κ1) is 17.2. The first-order valence-electron chi connectivity index (χ1n) is 6.48. The van der Waals surface area contributed by atoms with Crippen molar-refractivity contribution in [3.05, 3.63) is 67.7 Å². The lowest BCUT2D eigenvalue weighted by Crippen LogP contribution is -2.20. The second kappa shape index (κ2) is 7.38. The Morgan fingerprint density at radius 2 is 1.62 bits per heavy atom. The molecule has 9 nitrogen and oxygen atoms in total. The number of hydrogen-bond donors (Lipinski definition) is 1. The van der Waals surface area contributed by atoms with Gasteiger partial charge in [0.1, 0.15) is 5.75 Å². The highest BCUT2D eigenvalue weighted by Crippen LogP contribution is 2.28. The van der Waals surface area contributed by atoms with Crippen LogP contribution >= 0.6 is 11.6 Å². The molecule has 0 aliphatic heterocycles. The monoisotopic (exact) mass is 351 g/mol. The van der Waals surface area contributed by atoms with Crippen LogP contribution in [-0.2, 0) is 4.79 Å². The maximum atomic E-state index is 11.8. The number of carbonyl (C=O) groups excluding carboxylic acids is 1. The highest BCUT2D eigenvalue weighted by atomic mass is 35.5. The molecule has 0 saturated carbocycles. The summed E-state index contributed by atoms with van der Waals surface area (Å²) in [5.41, 5.74) is 0.0774. The van der Waals surface area contributed by atoms with Crippen LogP contribution in [0.3, 0.4) is 0 Å². The molecule has 0 radical (unpaired) electrons. The number of anilines is 1. The van der Waals surface area contributed by atoms with Crippen molar-refractivity contribution >= 4 is 34.6 Å². The lowest BCUT2D eigenvalue weighted by molar-refractivity contribution is -0.385. The molecule has 1 amide bonds. The third-order valence-corrected chi connectivity index (χ3v) is 3.14. The van der Waals surface area contributed by atoms with Gasteiger partial charge in [0.05, 0.1) is 14.9 Å². The lowest BCUT2D eigenvalue weighted by atomic mass is 10.3. The summed E-state index contributed by atoms with van der Waals surface area (Å²) in [5.74, 6) is -0.389. The van der Waals surface area contributed by atoms with Crippen molar-refractivity contribution in [2.75, 3.05) is 11.9 Å². The number of rotatable bonds is 6. The molecule has 2 aromatic carbocycles. The second-order valence-corrected chi connectivity index (χ2v) is 4.92. The van der Waals surface area contributed by atoms with E-state index in [0.29, 0.717) is 5.69 Å². The van der Waals surface area contributed by atoms with Gasteiger partial charge in [-0.2, -0.15) is 0 Å². The first-order valence-corrected chi connectivity index (χ1v) is 6.85. The van der Waals surface area contributed by atoms with Crippen LogP contribution in [0, 0.1) is 20.2 Å². The summed E-state index contributed by atoms with van der Waals surface area (Å²) >= 11 is 5.84. The topological polar surface area (TPSA) is 125 Å². The number of benzene rings is 2. The highest BCUT2D eigenvalue weighted by molar-refractivity contribution is 6.32. The number of hydrogen-bond acceptors (Lipinski definition) is 6. The van der Waals surface area contributed by atoms with Gasteiger partial charge in [-0.15, -0.1) is 0 Å². The minimum atomic E-state index is -0.600. The van der Waals surface area contributed by atoms with E-state index in [-0.39, 0.29) is 28.8 Å². The number of carbonyl (C=O) groups is 1. The van der Waals surface area contributed by atoms with Gasteiger partial charge in [-0.25, -0.2) is 0 Å². The fraction of sp³-hybridized carbons (Fsp3) is 0.0714. The largest absolute Gasteiger partial charge is 0.482 e. The standard InChI is InChI=1S/C14H10ClN3O6/c15-12-7-11(18(22)23)5-6-13(12)24-8-14(19)16-9-1-3-10(4-2-9)17(20)21/h1-7H,8H2,(H,16,19). The predicted molar refractivity (Wildman–Crippen MR) is 85.3 cm³/mol. The molecule has 2 rings (SSSR count). The number of ether oxygens (including phenoxy) is 1.